The van der Waals surface area contributed by atoms with Gasteiger partial charge in [-0.15, -0.1) is 0 Å². The fourth-order valence-electron chi connectivity index (χ4n) is 4.82. The van der Waals surface area contributed by atoms with Crippen molar-refractivity contribution < 1.29 is 28.8 Å². The second-order valence-corrected chi connectivity index (χ2v) is 7.30. The number of aromatic hydroxyl groups is 1. The van der Waals surface area contributed by atoms with Crippen LogP contribution >= 0.6 is 0 Å². The molecule has 1 atom stereocenters. The third kappa shape index (κ3) is 2.08. The molecule has 148 valence electrons. The molecular formula is C21H23NO6. The van der Waals surface area contributed by atoms with Crippen LogP contribution in [0, 0.1) is 0 Å². The van der Waals surface area contributed by atoms with E-state index in [2.05, 4.69) is 11.9 Å². The molecule has 0 saturated heterocycles. The van der Waals surface area contributed by atoms with Crippen molar-refractivity contribution >= 4 is 0 Å². The second kappa shape index (κ2) is 6.10. The minimum atomic E-state index is 0.110. The van der Waals surface area contributed by atoms with Crippen molar-refractivity contribution in [2.24, 2.45) is 0 Å². The number of methoxy groups -OCH3 is 3. The quantitative estimate of drug-likeness (QED) is 0.871. The zero-order chi connectivity index (χ0) is 19.6. The van der Waals surface area contributed by atoms with E-state index < -0.39 is 0 Å². The number of hydrogen-bond donors (Lipinski definition) is 1. The fourth-order valence-corrected chi connectivity index (χ4v) is 4.82. The van der Waals surface area contributed by atoms with Gasteiger partial charge in [0.25, 0.3) is 0 Å². The van der Waals surface area contributed by atoms with Crippen LogP contribution in [0.25, 0.3) is 11.1 Å². The van der Waals surface area contributed by atoms with Crippen molar-refractivity contribution in [3.63, 3.8) is 0 Å². The SMILES string of the molecule is COc1cc2c(c(O)c1OC)CC1c3c(c(OC)c4c(c3-2)OCO4)CCN1C. The van der Waals surface area contributed by atoms with E-state index in [1.54, 1.807) is 14.2 Å². The highest BCUT2D eigenvalue weighted by atomic mass is 16.7. The van der Waals surface area contributed by atoms with Crippen LogP contribution in [0.5, 0.6) is 34.5 Å². The molecule has 0 amide bonds. The summed E-state index contributed by atoms with van der Waals surface area (Å²) < 4.78 is 28.3. The van der Waals surface area contributed by atoms with E-state index in [4.69, 9.17) is 23.7 Å². The minimum absolute atomic E-state index is 0.110. The van der Waals surface area contributed by atoms with Gasteiger partial charge in [-0.2, -0.15) is 0 Å². The van der Waals surface area contributed by atoms with Crippen LogP contribution in [0.15, 0.2) is 6.07 Å². The first-order chi connectivity index (χ1) is 13.6. The summed E-state index contributed by atoms with van der Waals surface area (Å²) in [7, 11) is 6.88. The molecule has 28 heavy (non-hydrogen) atoms. The molecular weight excluding hydrogens is 362 g/mol. The molecule has 0 saturated carbocycles. The largest absolute Gasteiger partial charge is 0.504 e. The van der Waals surface area contributed by atoms with Crippen molar-refractivity contribution in [2.75, 3.05) is 41.7 Å². The average Bonchev–Trinajstić information content (AvgIpc) is 3.19. The lowest BCUT2D eigenvalue weighted by atomic mass is 9.75. The van der Waals surface area contributed by atoms with E-state index in [1.807, 2.05) is 6.07 Å². The van der Waals surface area contributed by atoms with Gasteiger partial charge in [-0.1, -0.05) is 0 Å². The second-order valence-electron chi connectivity index (χ2n) is 7.30. The summed E-state index contributed by atoms with van der Waals surface area (Å²) in [5.41, 5.74) is 5.02. The Morgan fingerprint density at radius 3 is 2.50 bits per heavy atom. The van der Waals surface area contributed by atoms with Gasteiger partial charge in [-0.3, -0.25) is 4.90 Å². The predicted molar refractivity (Wildman–Crippen MR) is 102 cm³/mol. The van der Waals surface area contributed by atoms with Crippen molar-refractivity contribution in [2.45, 2.75) is 18.9 Å². The van der Waals surface area contributed by atoms with E-state index >= 15 is 0 Å². The third-order valence-corrected chi connectivity index (χ3v) is 6.11. The van der Waals surface area contributed by atoms with Crippen LogP contribution in [0.2, 0.25) is 0 Å². The first-order valence-electron chi connectivity index (χ1n) is 9.30. The molecule has 2 aromatic carbocycles. The number of nitrogens with zero attached hydrogens (tertiary/aromatic N) is 1. The summed E-state index contributed by atoms with van der Waals surface area (Å²) in [6.45, 7) is 1.05. The highest BCUT2D eigenvalue weighted by molar-refractivity contribution is 5.89. The zero-order valence-corrected chi connectivity index (χ0v) is 16.4. The van der Waals surface area contributed by atoms with Gasteiger partial charge in [-0.05, 0) is 37.1 Å². The van der Waals surface area contributed by atoms with Gasteiger partial charge >= 0.3 is 0 Å². The molecule has 0 aromatic heterocycles. The number of phenolic OH excluding ortho intramolecular Hbond substituents is 1. The van der Waals surface area contributed by atoms with Crippen LogP contribution in [0.1, 0.15) is 22.7 Å². The van der Waals surface area contributed by atoms with Crippen molar-refractivity contribution in [3.05, 3.63) is 22.8 Å². The number of ether oxygens (including phenoxy) is 5. The molecule has 3 aliphatic rings. The topological polar surface area (TPSA) is 69.6 Å². The van der Waals surface area contributed by atoms with Gasteiger partial charge in [0.05, 0.1) is 21.3 Å². The normalized spacial score (nSPS) is 19.1. The number of fused-ring (bicyclic) bond motifs is 4. The van der Waals surface area contributed by atoms with E-state index in [0.717, 1.165) is 41.0 Å². The highest BCUT2D eigenvalue weighted by Crippen LogP contribution is 2.60. The molecule has 7 heteroatoms. The Bertz CT molecular complexity index is 986. The number of hydrogen-bond acceptors (Lipinski definition) is 7. The Hall–Kier alpha value is -2.80. The molecule has 0 fully saturated rings. The molecule has 1 N–H and O–H groups in total. The van der Waals surface area contributed by atoms with Crippen molar-refractivity contribution in [3.8, 4) is 45.6 Å². The average molecular weight is 385 g/mol. The number of likely N-dealkylation sites (N-methyl/N-ethyl adjacent to an activating group) is 1. The lowest BCUT2D eigenvalue weighted by molar-refractivity contribution is 0.171. The number of phenols is 1. The molecule has 1 aliphatic carbocycles. The smallest absolute Gasteiger partial charge is 0.231 e. The van der Waals surface area contributed by atoms with Crippen molar-refractivity contribution in [1.29, 1.82) is 0 Å². The van der Waals surface area contributed by atoms with Gasteiger partial charge < -0.3 is 28.8 Å². The van der Waals surface area contributed by atoms with Crippen LogP contribution in [-0.2, 0) is 12.8 Å². The van der Waals surface area contributed by atoms with Crippen LogP contribution < -0.4 is 23.7 Å². The number of rotatable bonds is 3. The van der Waals surface area contributed by atoms with E-state index in [0.29, 0.717) is 29.4 Å². The van der Waals surface area contributed by atoms with Crippen LogP contribution in [-0.4, -0.2) is 51.7 Å². The molecule has 1 unspecified atom stereocenters. The summed E-state index contributed by atoms with van der Waals surface area (Å²) in [6, 6.07) is 2.03. The molecule has 7 nitrogen and oxygen atoms in total. The number of benzene rings is 2. The maximum atomic E-state index is 11.0. The third-order valence-electron chi connectivity index (χ3n) is 6.11. The van der Waals surface area contributed by atoms with Gasteiger partial charge in [0.15, 0.2) is 23.0 Å². The molecule has 2 aromatic rings. The Morgan fingerprint density at radius 2 is 1.79 bits per heavy atom. The standard InChI is InChI=1S/C21H23NO6/c1-22-6-5-10-15-13(22)7-12-11(8-14(24-2)19(26-4)17(12)23)16(15)20-21(18(10)25-3)28-9-27-20/h8,13,23H,5-7,9H2,1-4H3. The fraction of sp³-hybridized carbons (Fsp3) is 0.429. The summed E-state index contributed by atoms with van der Waals surface area (Å²) in [4.78, 5) is 2.31. The molecule has 0 spiro atoms. The van der Waals surface area contributed by atoms with Crippen LogP contribution in [0.3, 0.4) is 0 Å². The minimum Gasteiger partial charge on any atom is -0.504 e. The Labute approximate surface area is 163 Å². The Morgan fingerprint density at radius 1 is 1.04 bits per heavy atom. The first-order valence-corrected chi connectivity index (χ1v) is 9.30. The van der Waals surface area contributed by atoms with Gasteiger partial charge in [0.2, 0.25) is 18.3 Å². The summed E-state index contributed by atoms with van der Waals surface area (Å²) >= 11 is 0. The molecule has 0 bridgehead atoms. The van der Waals surface area contributed by atoms with Crippen molar-refractivity contribution in [1.82, 2.24) is 4.90 Å². The monoisotopic (exact) mass is 385 g/mol. The van der Waals surface area contributed by atoms with E-state index in [9.17, 15) is 5.11 Å². The highest BCUT2D eigenvalue weighted by Gasteiger charge is 2.42. The summed E-state index contributed by atoms with van der Waals surface area (Å²) in [6.07, 6.45) is 1.53. The van der Waals surface area contributed by atoms with E-state index in [1.165, 1.54) is 12.7 Å². The lowest BCUT2D eigenvalue weighted by Crippen LogP contribution is -2.36. The lowest BCUT2D eigenvalue weighted by Gasteiger charge is -2.40. The van der Waals surface area contributed by atoms with Crippen LogP contribution in [0.4, 0.5) is 0 Å². The molecule has 2 aliphatic heterocycles. The molecule has 0 radical (unpaired) electrons. The van der Waals surface area contributed by atoms with Gasteiger partial charge in [-0.25, -0.2) is 0 Å². The Kier molecular flexibility index (Phi) is 3.77. The Balaban J connectivity index is 1.90. The zero-order valence-electron chi connectivity index (χ0n) is 16.4. The summed E-state index contributed by atoms with van der Waals surface area (Å²) in [5, 5.41) is 11.0. The van der Waals surface area contributed by atoms with Gasteiger partial charge in [0, 0.05) is 29.3 Å². The van der Waals surface area contributed by atoms with E-state index in [-0.39, 0.29) is 18.6 Å². The molecule has 2 heterocycles. The first kappa shape index (κ1) is 17.3. The molecule has 5 rings (SSSR count). The predicted octanol–water partition coefficient (Wildman–Crippen LogP) is 2.90. The summed E-state index contributed by atoms with van der Waals surface area (Å²) in [5.74, 6) is 3.03. The maximum absolute atomic E-state index is 11.0. The maximum Gasteiger partial charge on any atom is 0.231 e. The van der Waals surface area contributed by atoms with Gasteiger partial charge in [0.1, 0.15) is 0 Å².